The zero-order valence-electron chi connectivity index (χ0n) is 14.6. The highest BCUT2D eigenvalue weighted by Gasteiger charge is 2.28. The van der Waals surface area contributed by atoms with Crippen LogP contribution >= 0.6 is 0 Å². The molecule has 0 aliphatic heterocycles. The molecule has 1 unspecified atom stereocenters. The average molecular weight is 349 g/mol. The molecule has 26 heavy (non-hydrogen) atoms. The highest BCUT2D eigenvalue weighted by molar-refractivity contribution is 5.72. The molecule has 1 aliphatic rings. The number of hydrogen-bond acceptors (Lipinski definition) is 4. The van der Waals surface area contributed by atoms with E-state index < -0.39 is 0 Å². The van der Waals surface area contributed by atoms with E-state index >= 15 is 0 Å². The lowest BCUT2D eigenvalue weighted by Crippen LogP contribution is -2.17. The number of methoxy groups -OCH3 is 1. The van der Waals surface area contributed by atoms with Crippen molar-refractivity contribution in [1.29, 1.82) is 0 Å². The number of aromatic nitrogens is 2. The van der Waals surface area contributed by atoms with Crippen molar-refractivity contribution < 1.29 is 9.13 Å². The summed E-state index contributed by atoms with van der Waals surface area (Å²) >= 11 is 0. The van der Waals surface area contributed by atoms with Crippen LogP contribution in [0.4, 0.5) is 10.3 Å². The molecule has 0 saturated carbocycles. The van der Waals surface area contributed by atoms with E-state index in [-0.39, 0.29) is 11.7 Å². The topological polar surface area (TPSA) is 47.0 Å². The van der Waals surface area contributed by atoms with Crippen molar-refractivity contribution in [2.45, 2.75) is 12.3 Å². The number of anilines is 1. The van der Waals surface area contributed by atoms with Gasteiger partial charge in [0.1, 0.15) is 5.82 Å². The Morgan fingerprint density at radius 3 is 2.69 bits per heavy atom. The standard InChI is InChI=1S/C21H20FN3O/c1-26-11-10-23-21-24-13-14-12-18(16-7-4-5-9-19(16)22)15-6-2-3-8-17(15)20(14)25-21/h2-9,13,18H,10-12H2,1H3,(H,23,24,25). The van der Waals surface area contributed by atoms with E-state index in [9.17, 15) is 4.39 Å². The zero-order chi connectivity index (χ0) is 17.9. The summed E-state index contributed by atoms with van der Waals surface area (Å²) in [4.78, 5) is 9.12. The third kappa shape index (κ3) is 3.06. The molecule has 0 fully saturated rings. The lowest BCUT2D eigenvalue weighted by Gasteiger charge is -2.27. The molecule has 1 heterocycles. The Bertz CT molecular complexity index is 929. The molecule has 4 nitrogen and oxygen atoms in total. The van der Waals surface area contributed by atoms with Crippen molar-refractivity contribution >= 4 is 5.95 Å². The molecule has 3 aromatic rings. The van der Waals surface area contributed by atoms with Crippen LogP contribution in [0.1, 0.15) is 22.6 Å². The third-order valence-electron chi connectivity index (χ3n) is 4.75. The van der Waals surface area contributed by atoms with Gasteiger partial charge in [-0.1, -0.05) is 42.5 Å². The predicted molar refractivity (Wildman–Crippen MR) is 99.8 cm³/mol. The second-order valence-corrected chi connectivity index (χ2v) is 6.35. The van der Waals surface area contributed by atoms with Gasteiger partial charge in [-0.05, 0) is 29.2 Å². The van der Waals surface area contributed by atoms with E-state index in [1.807, 2.05) is 36.5 Å². The molecule has 0 amide bonds. The summed E-state index contributed by atoms with van der Waals surface area (Å²) in [6.07, 6.45) is 2.53. The summed E-state index contributed by atoms with van der Waals surface area (Å²) in [5.74, 6) is 0.380. The molecule has 1 atom stereocenters. The smallest absolute Gasteiger partial charge is 0.223 e. The van der Waals surface area contributed by atoms with Crippen molar-refractivity contribution in [3.05, 3.63) is 77.2 Å². The van der Waals surface area contributed by atoms with Gasteiger partial charge in [-0.15, -0.1) is 0 Å². The molecule has 4 rings (SSSR count). The first-order valence-electron chi connectivity index (χ1n) is 8.70. The first-order chi connectivity index (χ1) is 12.8. The first kappa shape index (κ1) is 16.7. The van der Waals surface area contributed by atoms with Crippen molar-refractivity contribution in [2.75, 3.05) is 25.6 Å². The van der Waals surface area contributed by atoms with Crippen molar-refractivity contribution in [1.82, 2.24) is 9.97 Å². The van der Waals surface area contributed by atoms with Gasteiger partial charge < -0.3 is 10.1 Å². The molecule has 0 bridgehead atoms. The molecule has 0 radical (unpaired) electrons. The number of rotatable bonds is 5. The monoisotopic (exact) mass is 349 g/mol. The van der Waals surface area contributed by atoms with Gasteiger partial charge in [0, 0.05) is 31.3 Å². The molecule has 1 aromatic heterocycles. The number of hydrogen-bond donors (Lipinski definition) is 1. The minimum absolute atomic E-state index is 0.0317. The lowest BCUT2D eigenvalue weighted by atomic mass is 9.78. The number of halogens is 1. The maximum Gasteiger partial charge on any atom is 0.223 e. The van der Waals surface area contributed by atoms with Crippen LogP contribution in [-0.2, 0) is 11.2 Å². The van der Waals surface area contributed by atoms with Crippen LogP contribution in [0.3, 0.4) is 0 Å². The van der Waals surface area contributed by atoms with E-state index in [0.29, 0.717) is 31.1 Å². The lowest BCUT2D eigenvalue weighted by molar-refractivity contribution is 0.210. The quantitative estimate of drug-likeness (QED) is 0.707. The molecule has 132 valence electrons. The van der Waals surface area contributed by atoms with Gasteiger partial charge >= 0.3 is 0 Å². The van der Waals surface area contributed by atoms with Crippen LogP contribution in [0, 0.1) is 5.82 Å². The molecule has 2 aromatic carbocycles. The summed E-state index contributed by atoms with van der Waals surface area (Å²) < 4.78 is 19.5. The Hall–Kier alpha value is -2.79. The summed E-state index contributed by atoms with van der Waals surface area (Å²) in [6.45, 7) is 1.24. The van der Waals surface area contributed by atoms with Gasteiger partial charge in [0.25, 0.3) is 0 Å². The summed E-state index contributed by atoms with van der Waals surface area (Å²) in [5.41, 5.74) is 4.82. The van der Waals surface area contributed by atoms with Crippen LogP contribution in [0.2, 0.25) is 0 Å². The summed E-state index contributed by atoms with van der Waals surface area (Å²) in [7, 11) is 1.66. The Balaban J connectivity index is 1.75. The van der Waals surface area contributed by atoms with Gasteiger partial charge in [0.15, 0.2) is 0 Å². The van der Waals surface area contributed by atoms with Crippen molar-refractivity contribution in [2.24, 2.45) is 0 Å². The maximum atomic E-state index is 14.4. The van der Waals surface area contributed by atoms with Crippen LogP contribution in [-0.4, -0.2) is 30.2 Å². The van der Waals surface area contributed by atoms with Gasteiger partial charge in [-0.3, -0.25) is 0 Å². The fourth-order valence-corrected chi connectivity index (χ4v) is 3.52. The molecule has 1 aliphatic carbocycles. The Morgan fingerprint density at radius 1 is 1.12 bits per heavy atom. The fraction of sp³-hybridized carbons (Fsp3) is 0.238. The molecule has 5 heteroatoms. The van der Waals surface area contributed by atoms with E-state index in [0.717, 1.165) is 22.4 Å². The van der Waals surface area contributed by atoms with Crippen LogP contribution in [0.5, 0.6) is 0 Å². The second kappa shape index (κ2) is 7.22. The number of fused-ring (bicyclic) bond motifs is 3. The van der Waals surface area contributed by atoms with Crippen LogP contribution in [0.15, 0.2) is 54.7 Å². The molecular formula is C21H20FN3O. The third-order valence-corrected chi connectivity index (χ3v) is 4.75. The van der Waals surface area contributed by atoms with E-state index in [1.54, 1.807) is 13.2 Å². The van der Waals surface area contributed by atoms with Gasteiger partial charge in [0.05, 0.1) is 12.3 Å². The normalized spacial score (nSPS) is 15.2. The SMILES string of the molecule is COCCNc1ncc2c(n1)-c1ccccc1C(c1ccccc1F)C2. The van der Waals surface area contributed by atoms with E-state index in [2.05, 4.69) is 16.4 Å². The van der Waals surface area contributed by atoms with Crippen LogP contribution < -0.4 is 5.32 Å². The molecule has 1 N–H and O–H groups in total. The number of benzene rings is 2. The van der Waals surface area contributed by atoms with Gasteiger partial charge in [-0.2, -0.15) is 0 Å². The minimum atomic E-state index is -0.172. The zero-order valence-corrected chi connectivity index (χ0v) is 14.6. The Kier molecular flexibility index (Phi) is 4.63. The Labute approximate surface area is 152 Å². The summed E-state index contributed by atoms with van der Waals surface area (Å²) in [6, 6.07) is 15.1. The van der Waals surface area contributed by atoms with E-state index in [4.69, 9.17) is 9.72 Å². The summed E-state index contributed by atoms with van der Waals surface area (Å²) in [5, 5.41) is 3.17. The molecule has 0 saturated heterocycles. The number of ether oxygens (including phenoxy) is 1. The molecular weight excluding hydrogens is 329 g/mol. The fourth-order valence-electron chi connectivity index (χ4n) is 3.52. The highest BCUT2D eigenvalue weighted by Crippen LogP contribution is 2.42. The Morgan fingerprint density at radius 2 is 1.88 bits per heavy atom. The van der Waals surface area contributed by atoms with E-state index in [1.165, 1.54) is 6.07 Å². The number of nitrogens with one attached hydrogen (secondary N) is 1. The second-order valence-electron chi connectivity index (χ2n) is 6.35. The maximum absolute atomic E-state index is 14.4. The average Bonchev–Trinajstić information content (AvgIpc) is 2.68. The van der Waals surface area contributed by atoms with Crippen LogP contribution in [0.25, 0.3) is 11.3 Å². The van der Waals surface area contributed by atoms with Gasteiger partial charge in [0.2, 0.25) is 5.95 Å². The molecule has 0 spiro atoms. The number of nitrogens with zero attached hydrogens (tertiary/aromatic N) is 2. The first-order valence-corrected chi connectivity index (χ1v) is 8.70. The van der Waals surface area contributed by atoms with Gasteiger partial charge in [-0.25, -0.2) is 14.4 Å². The van der Waals surface area contributed by atoms with Crippen molar-refractivity contribution in [3.63, 3.8) is 0 Å². The minimum Gasteiger partial charge on any atom is -0.383 e. The predicted octanol–water partition coefficient (Wildman–Crippen LogP) is 4.03. The largest absolute Gasteiger partial charge is 0.383 e. The highest BCUT2D eigenvalue weighted by atomic mass is 19.1. The van der Waals surface area contributed by atoms with Crippen molar-refractivity contribution in [3.8, 4) is 11.3 Å².